The molecule has 156 valence electrons. The first-order valence-corrected chi connectivity index (χ1v) is 10.2. The fourth-order valence-electron chi connectivity index (χ4n) is 3.27. The molecule has 1 aromatic heterocycles. The Morgan fingerprint density at radius 3 is 2.77 bits per heavy atom. The molecule has 2 aromatic carbocycles. The zero-order valence-electron chi connectivity index (χ0n) is 15.8. The van der Waals surface area contributed by atoms with Gasteiger partial charge >= 0.3 is 6.18 Å². The van der Waals surface area contributed by atoms with Crippen molar-refractivity contribution in [2.75, 3.05) is 29.1 Å². The molecule has 10 heteroatoms. The number of amides is 1. The Kier molecular flexibility index (Phi) is 5.67. The lowest BCUT2D eigenvalue weighted by molar-refractivity contribution is -0.137. The fraction of sp³-hybridized carbons (Fsp3) is 0.250. The Bertz CT molecular complexity index is 1040. The number of hydrogen-bond donors (Lipinski definition) is 1. The maximum Gasteiger partial charge on any atom is 0.416 e. The Labute approximate surface area is 175 Å². The number of thioether (sulfide) groups is 1. The van der Waals surface area contributed by atoms with Gasteiger partial charge in [-0.25, -0.2) is 9.67 Å². The lowest BCUT2D eigenvalue weighted by Gasteiger charge is -2.24. The van der Waals surface area contributed by atoms with Crippen LogP contribution in [0.2, 0.25) is 0 Å². The van der Waals surface area contributed by atoms with Crippen molar-refractivity contribution in [1.82, 2.24) is 14.8 Å². The zero-order valence-corrected chi connectivity index (χ0v) is 16.6. The van der Waals surface area contributed by atoms with E-state index < -0.39 is 17.6 Å². The quantitative estimate of drug-likeness (QED) is 0.667. The van der Waals surface area contributed by atoms with Gasteiger partial charge in [0.25, 0.3) is 0 Å². The summed E-state index contributed by atoms with van der Waals surface area (Å²) in [6.07, 6.45) is -0.989. The van der Waals surface area contributed by atoms with Crippen molar-refractivity contribution in [3.05, 3.63) is 60.7 Å². The number of nitrogens with zero attached hydrogens (tertiary/aromatic N) is 4. The maximum atomic E-state index is 13.2. The standard InChI is InChI=1S/C20H18F3N5OS/c21-20(22,23)14-6-7-16(28-13-24-12-25-28)15(10-14)26-19(29)11-27-8-3-9-30-18-5-2-1-4-17(18)27/h1-2,4-7,10,12-13H,3,8-9,11H2,(H,26,29). The van der Waals surface area contributed by atoms with Crippen LogP contribution >= 0.6 is 11.8 Å². The molecule has 3 aromatic rings. The number of aromatic nitrogens is 3. The molecular weight excluding hydrogens is 415 g/mol. The van der Waals surface area contributed by atoms with Gasteiger partial charge in [-0.2, -0.15) is 18.3 Å². The molecule has 1 amide bonds. The summed E-state index contributed by atoms with van der Waals surface area (Å²) in [6.45, 7) is 0.723. The third-order valence-electron chi connectivity index (χ3n) is 4.63. The van der Waals surface area contributed by atoms with Crippen LogP contribution in [0.5, 0.6) is 0 Å². The summed E-state index contributed by atoms with van der Waals surface area (Å²) in [7, 11) is 0. The largest absolute Gasteiger partial charge is 0.416 e. The van der Waals surface area contributed by atoms with Gasteiger partial charge in [0.15, 0.2) is 0 Å². The molecule has 0 spiro atoms. The fourth-order valence-corrected chi connectivity index (χ4v) is 4.28. The first-order valence-electron chi connectivity index (χ1n) is 9.25. The number of anilines is 2. The van der Waals surface area contributed by atoms with Gasteiger partial charge in [0.1, 0.15) is 12.7 Å². The van der Waals surface area contributed by atoms with Crippen LogP contribution < -0.4 is 10.2 Å². The molecule has 0 bridgehead atoms. The van der Waals surface area contributed by atoms with E-state index in [9.17, 15) is 18.0 Å². The van der Waals surface area contributed by atoms with E-state index in [-0.39, 0.29) is 12.2 Å². The number of para-hydroxylation sites is 1. The number of nitrogens with one attached hydrogen (secondary N) is 1. The third-order valence-corrected chi connectivity index (χ3v) is 5.78. The molecule has 30 heavy (non-hydrogen) atoms. The average molecular weight is 433 g/mol. The second-order valence-electron chi connectivity index (χ2n) is 6.71. The average Bonchev–Trinajstić information content (AvgIpc) is 3.17. The van der Waals surface area contributed by atoms with E-state index in [1.165, 1.54) is 23.4 Å². The summed E-state index contributed by atoms with van der Waals surface area (Å²) < 4.78 is 40.9. The molecule has 0 saturated heterocycles. The van der Waals surface area contributed by atoms with Crippen molar-refractivity contribution in [2.24, 2.45) is 0 Å². The summed E-state index contributed by atoms with van der Waals surface area (Å²) in [5.41, 5.74) is 0.437. The number of rotatable bonds is 4. The number of benzene rings is 2. The minimum atomic E-state index is -4.53. The van der Waals surface area contributed by atoms with Gasteiger partial charge in [-0.05, 0) is 42.5 Å². The van der Waals surface area contributed by atoms with Gasteiger partial charge in [-0.3, -0.25) is 4.79 Å². The van der Waals surface area contributed by atoms with Gasteiger partial charge < -0.3 is 10.2 Å². The van der Waals surface area contributed by atoms with Crippen molar-refractivity contribution < 1.29 is 18.0 Å². The highest BCUT2D eigenvalue weighted by Gasteiger charge is 2.31. The first-order chi connectivity index (χ1) is 14.4. The Morgan fingerprint density at radius 1 is 1.17 bits per heavy atom. The second kappa shape index (κ2) is 8.39. The first kappa shape index (κ1) is 20.3. The third kappa shape index (κ3) is 4.43. The normalized spacial score (nSPS) is 14.2. The molecular formula is C20H18F3N5OS. The molecule has 1 aliphatic heterocycles. The highest BCUT2D eigenvalue weighted by atomic mass is 32.2. The molecule has 0 aliphatic carbocycles. The van der Waals surface area contributed by atoms with Crippen molar-refractivity contribution in [3.63, 3.8) is 0 Å². The van der Waals surface area contributed by atoms with Crippen LogP contribution in [0.3, 0.4) is 0 Å². The molecule has 4 rings (SSSR count). The van der Waals surface area contributed by atoms with E-state index in [2.05, 4.69) is 15.4 Å². The van der Waals surface area contributed by atoms with Crippen LogP contribution in [0, 0.1) is 0 Å². The Morgan fingerprint density at radius 2 is 2.00 bits per heavy atom. The predicted octanol–water partition coefficient (Wildman–Crippen LogP) is 4.23. The molecule has 0 radical (unpaired) electrons. The highest BCUT2D eigenvalue weighted by molar-refractivity contribution is 7.99. The van der Waals surface area contributed by atoms with Gasteiger partial charge in [-0.1, -0.05) is 12.1 Å². The molecule has 0 fully saturated rings. The van der Waals surface area contributed by atoms with Crippen LogP contribution in [-0.4, -0.2) is 39.5 Å². The van der Waals surface area contributed by atoms with Crippen LogP contribution in [0.4, 0.5) is 24.5 Å². The van der Waals surface area contributed by atoms with Crippen molar-refractivity contribution in [2.45, 2.75) is 17.5 Å². The van der Waals surface area contributed by atoms with Gasteiger partial charge in [0.05, 0.1) is 29.2 Å². The Balaban J connectivity index is 1.60. The summed E-state index contributed by atoms with van der Waals surface area (Å²) in [6, 6.07) is 11.0. The molecule has 6 nitrogen and oxygen atoms in total. The minimum Gasteiger partial charge on any atom is -0.361 e. The van der Waals surface area contributed by atoms with Gasteiger partial charge in [0, 0.05) is 11.4 Å². The van der Waals surface area contributed by atoms with Gasteiger partial charge in [0.2, 0.25) is 5.91 Å². The molecule has 0 saturated carbocycles. The van der Waals surface area contributed by atoms with Crippen LogP contribution in [0.1, 0.15) is 12.0 Å². The van der Waals surface area contributed by atoms with E-state index in [0.29, 0.717) is 12.2 Å². The summed E-state index contributed by atoms with van der Waals surface area (Å²) in [4.78, 5) is 19.7. The second-order valence-corrected chi connectivity index (χ2v) is 7.85. The topological polar surface area (TPSA) is 63.1 Å². The van der Waals surface area contributed by atoms with Crippen LogP contribution in [-0.2, 0) is 11.0 Å². The van der Waals surface area contributed by atoms with Crippen molar-refractivity contribution >= 4 is 29.0 Å². The summed E-state index contributed by atoms with van der Waals surface area (Å²) in [5.74, 6) is 0.538. The number of halogens is 3. The molecule has 0 atom stereocenters. The summed E-state index contributed by atoms with van der Waals surface area (Å²) in [5, 5.41) is 6.60. The van der Waals surface area contributed by atoms with Gasteiger partial charge in [-0.15, -0.1) is 11.8 Å². The molecule has 1 aliphatic rings. The number of hydrogen-bond acceptors (Lipinski definition) is 5. The number of fused-ring (bicyclic) bond motifs is 1. The predicted molar refractivity (Wildman–Crippen MR) is 109 cm³/mol. The summed E-state index contributed by atoms with van der Waals surface area (Å²) >= 11 is 1.73. The highest BCUT2D eigenvalue weighted by Crippen LogP contribution is 2.35. The molecule has 1 N–H and O–H groups in total. The zero-order chi connectivity index (χ0) is 21.1. The molecule has 2 heterocycles. The minimum absolute atomic E-state index is 0.0257. The lowest BCUT2D eigenvalue weighted by atomic mass is 10.1. The number of carbonyl (C=O) groups is 1. The lowest BCUT2D eigenvalue weighted by Crippen LogP contribution is -2.34. The number of carbonyl (C=O) groups excluding carboxylic acids is 1. The maximum absolute atomic E-state index is 13.2. The van der Waals surface area contributed by atoms with Crippen LogP contribution in [0.25, 0.3) is 5.69 Å². The van der Waals surface area contributed by atoms with E-state index in [4.69, 9.17) is 0 Å². The van der Waals surface area contributed by atoms with E-state index in [1.54, 1.807) is 11.8 Å². The number of alkyl halides is 3. The van der Waals surface area contributed by atoms with E-state index in [1.807, 2.05) is 29.2 Å². The SMILES string of the molecule is O=C(CN1CCCSc2ccccc21)Nc1cc(C(F)(F)F)ccc1-n1cncn1. The van der Waals surface area contributed by atoms with Crippen molar-refractivity contribution in [1.29, 1.82) is 0 Å². The Hall–Kier alpha value is -3.01. The van der Waals surface area contributed by atoms with Crippen LogP contribution in [0.15, 0.2) is 60.0 Å². The van der Waals surface area contributed by atoms with E-state index >= 15 is 0 Å². The smallest absolute Gasteiger partial charge is 0.361 e. The molecule has 0 unspecified atom stereocenters. The van der Waals surface area contributed by atoms with E-state index in [0.717, 1.165) is 34.9 Å². The monoisotopic (exact) mass is 433 g/mol. The van der Waals surface area contributed by atoms with Crippen molar-refractivity contribution in [3.8, 4) is 5.69 Å².